The van der Waals surface area contributed by atoms with Crippen LogP contribution in [0.2, 0.25) is 0 Å². The van der Waals surface area contributed by atoms with Gasteiger partial charge in [0, 0.05) is 30.1 Å². The number of rotatable bonds is 5. The minimum Gasteiger partial charge on any atom is -0.337 e. The SMILES string of the molecule is c1ccc(-c2[nH]ncc2CN2CCC[C@H]2c2nc(-c3ccncc3)no2)cc1. The molecule has 1 atom stereocenters. The van der Waals surface area contributed by atoms with Gasteiger partial charge in [0.05, 0.1) is 17.9 Å². The normalized spacial score (nSPS) is 17.2. The number of pyridine rings is 1. The fourth-order valence-corrected chi connectivity index (χ4v) is 3.79. The van der Waals surface area contributed by atoms with Crippen LogP contribution in [0.3, 0.4) is 0 Å². The molecule has 4 heterocycles. The average molecular weight is 372 g/mol. The van der Waals surface area contributed by atoms with E-state index < -0.39 is 0 Å². The predicted molar refractivity (Wildman–Crippen MR) is 104 cm³/mol. The Balaban J connectivity index is 1.38. The Kier molecular flexibility index (Phi) is 4.42. The van der Waals surface area contributed by atoms with Gasteiger partial charge in [-0.15, -0.1) is 0 Å². The molecule has 7 nitrogen and oxygen atoms in total. The Morgan fingerprint density at radius 1 is 1.07 bits per heavy atom. The van der Waals surface area contributed by atoms with Gasteiger partial charge in [-0.25, -0.2) is 0 Å². The second-order valence-corrected chi connectivity index (χ2v) is 6.96. The van der Waals surface area contributed by atoms with Crippen LogP contribution in [0.5, 0.6) is 0 Å². The summed E-state index contributed by atoms with van der Waals surface area (Å²) in [6, 6.07) is 14.2. The minimum absolute atomic E-state index is 0.126. The quantitative estimate of drug-likeness (QED) is 0.573. The second-order valence-electron chi connectivity index (χ2n) is 6.96. The van der Waals surface area contributed by atoms with Crippen molar-refractivity contribution in [2.75, 3.05) is 6.54 Å². The highest BCUT2D eigenvalue weighted by molar-refractivity contribution is 5.62. The van der Waals surface area contributed by atoms with Crippen LogP contribution in [0.1, 0.15) is 30.3 Å². The number of aromatic amines is 1. The van der Waals surface area contributed by atoms with Gasteiger partial charge in [0.2, 0.25) is 11.7 Å². The molecule has 0 unspecified atom stereocenters. The Morgan fingerprint density at radius 2 is 1.93 bits per heavy atom. The van der Waals surface area contributed by atoms with E-state index in [-0.39, 0.29) is 6.04 Å². The van der Waals surface area contributed by atoms with Crippen molar-refractivity contribution in [2.24, 2.45) is 0 Å². The lowest BCUT2D eigenvalue weighted by atomic mass is 10.1. The van der Waals surface area contributed by atoms with E-state index in [1.807, 2.05) is 36.5 Å². The molecule has 1 aliphatic heterocycles. The summed E-state index contributed by atoms with van der Waals surface area (Å²) in [5.41, 5.74) is 4.29. The van der Waals surface area contributed by atoms with Crippen LogP contribution in [0.25, 0.3) is 22.6 Å². The van der Waals surface area contributed by atoms with Gasteiger partial charge in [0.1, 0.15) is 0 Å². The van der Waals surface area contributed by atoms with Gasteiger partial charge >= 0.3 is 0 Å². The van der Waals surface area contributed by atoms with E-state index in [0.29, 0.717) is 11.7 Å². The molecule has 0 amide bonds. The van der Waals surface area contributed by atoms with Crippen molar-refractivity contribution >= 4 is 0 Å². The smallest absolute Gasteiger partial charge is 0.244 e. The van der Waals surface area contributed by atoms with Crippen LogP contribution in [0, 0.1) is 0 Å². The van der Waals surface area contributed by atoms with Gasteiger partial charge in [-0.3, -0.25) is 15.0 Å². The number of likely N-dealkylation sites (tertiary alicyclic amines) is 1. The van der Waals surface area contributed by atoms with Gasteiger partial charge in [-0.05, 0) is 37.1 Å². The number of benzene rings is 1. The summed E-state index contributed by atoms with van der Waals surface area (Å²) in [5, 5.41) is 11.6. The lowest BCUT2D eigenvalue weighted by molar-refractivity contribution is 0.201. The average Bonchev–Trinajstić information content (AvgIpc) is 3.50. The van der Waals surface area contributed by atoms with Crippen molar-refractivity contribution in [3.8, 4) is 22.6 Å². The van der Waals surface area contributed by atoms with Gasteiger partial charge in [-0.2, -0.15) is 10.1 Å². The molecule has 1 aliphatic rings. The van der Waals surface area contributed by atoms with Gasteiger partial charge in [0.25, 0.3) is 0 Å². The van der Waals surface area contributed by atoms with Crippen LogP contribution < -0.4 is 0 Å². The van der Waals surface area contributed by atoms with Crippen molar-refractivity contribution in [3.05, 3.63) is 72.5 Å². The van der Waals surface area contributed by atoms with E-state index in [2.05, 4.69) is 42.4 Å². The molecule has 0 radical (unpaired) electrons. The fourth-order valence-electron chi connectivity index (χ4n) is 3.79. The molecular formula is C21H20N6O. The molecule has 1 saturated heterocycles. The zero-order valence-electron chi connectivity index (χ0n) is 15.3. The summed E-state index contributed by atoms with van der Waals surface area (Å²) >= 11 is 0. The Bertz CT molecular complexity index is 1040. The van der Waals surface area contributed by atoms with E-state index in [1.54, 1.807) is 12.4 Å². The van der Waals surface area contributed by atoms with Crippen molar-refractivity contribution in [1.29, 1.82) is 0 Å². The predicted octanol–water partition coefficient (Wildman–Crippen LogP) is 3.86. The van der Waals surface area contributed by atoms with Crippen molar-refractivity contribution < 1.29 is 4.52 Å². The standard InChI is InChI=1S/C21H20N6O/c1-2-5-15(6-3-1)19-17(13-23-25-19)14-27-12-4-7-18(27)21-24-20(26-28-21)16-8-10-22-11-9-16/h1-3,5-6,8-11,13,18H,4,7,12,14H2,(H,23,25)/t18-/m0/s1. The Morgan fingerprint density at radius 3 is 2.79 bits per heavy atom. The second kappa shape index (κ2) is 7.36. The van der Waals surface area contributed by atoms with Crippen LogP contribution in [-0.2, 0) is 6.54 Å². The zero-order chi connectivity index (χ0) is 18.8. The maximum absolute atomic E-state index is 5.62. The third-order valence-electron chi connectivity index (χ3n) is 5.18. The first-order chi connectivity index (χ1) is 13.9. The zero-order valence-corrected chi connectivity index (χ0v) is 15.3. The van der Waals surface area contributed by atoms with Crippen molar-refractivity contribution in [1.82, 2.24) is 30.2 Å². The molecule has 0 spiro atoms. The summed E-state index contributed by atoms with van der Waals surface area (Å²) in [5.74, 6) is 1.28. The Labute approximate surface area is 162 Å². The monoisotopic (exact) mass is 372 g/mol. The largest absolute Gasteiger partial charge is 0.337 e. The molecule has 1 N–H and O–H groups in total. The lowest BCUT2D eigenvalue weighted by Crippen LogP contribution is -2.23. The number of aromatic nitrogens is 5. The fraction of sp³-hybridized carbons (Fsp3) is 0.238. The molecule has 5 rings (SSSR count). The minimum atomic E-state index is 0.126. The first kappa shape index (κ1) is 16.8. The molecule has 0 aliphatic carbocycles. The third kappa shape index (κ3) is 3.20. The molecule has 1 aromatic carbocycles. The molecule has 1 fully saturated rings. The molecule has 28 heavy (non-hydrogen) atoms. The summed E-state index contributed by atoms with van der Waals surface area (Å²) in [7, 11) is 0. The topological polar surface area (TPSA) is 83.7 Å². The molecular weight excluding hydrogens is 352 g/mol. The van der Waals surface area contributed by atoms with Crippen molar-refractivity contribution in [2.45, 2.75) is 25.4 Å². The molecule has 4 aromatic rings. The highest BCUT2D eigenvalue weighted by atomic mass is 16.5. The molecule has 3 aromatic heterocycles. The number of H-pyrrole nitrogens is 1. The summed E-state index contributed by atoms with van der Waals surface area (Å²) in [6.45, 7) is 1.79. The van der Waals surface area contributed by atoms with E-state index in [4.69, 9.17) is 4.52 Å². The molecule has 0 saturated carbocycles. The lowest BCUT2D eigenvalue weighted by Gasteiger charge is -2.21. The maximum atomic E-state index is 5.62. The van der Waals surface area contributed by atoms with E-state index >= 15 is 0 Å². The van der Waals surface area contributed by atoms with Gasteiger partial charge in [0.15, 0.2) is 0 Å². The highest BCUT2D eigenvalue weighted by Gasteiger charge is 2.31. The maximum Gasteiger partial charge on any atom is 0.244 e. The molecule has 7 heteroatoms. The third-order valence-corrected chi connectivity index (χ3v) is 5.18. The van der Waals surface area contributed by atoms with E-state index in [9.17, 15) is 0 Å². The van der Waals surface area contributed by atoms with Gasteiger partial charge < -0.3 is 4.52 Å². The van der Waals surface area contributed by atoms with Crippen molar-refractivity contribution in [3.63, 3.8) is 0 Å². The first-order valence-electron chi connectivity index (χ1n) is 9.44. The first-order valence-corrected chi connectivity index (χ1v) is 9.44. The van der Waals surface area contributed by atoms with Gasteiger partial charge in [-0.1, -0.05) is 35.5 Å². The molecule has 140 valence electrons. The van der Waals surface area contributed by atoms with E-state index in [0.717, 1.165) is 42.8 Å². The summed E-state index contributed by atoms with van der Waals surface area (Å²) < 4.78 is 5.62. The van der Waals surface area contributed by atoms with Crippen LogP contribution in [0.4, 0.5) is 0 Å². The summed E-state index contributed by atoms with van der Waals surface area (Å²) in [4.78, 5) is 11.1. The van der Waals surface area contributed by atoms with Crippen LogP contribution >= 0.6 is 0 Å². The molecule has 0 bridgehead atoms. The van der Waals surface area contributed by atoms with Crippen LogP contribution in [0.15, 0.2) is 65.6 Å². The number of hydrogen-bond donors (Lipinski definition) is 1. The number of nitrogens with one attached hydrogen (secondary N) is 1. The highest BCUT2D eigenvalue weighted by Crippen LogP contribution is 2.34. The van der Waals surface area contributed by atoms with Crippen LogP contribution in [-0.4, -0.2) is 36.8 Å². The number of hydrogen-bond acceptors (Lipinski definition) is 6. The van der Waals surface area contributed by atoms with E-state index in [1.165, 1.54) is 5.56 Å². The number of nitrogens with zero attached hydrogens (tertiary/aromatic N) is 5. The Hall–Kier alpha value is -3.32. The summed E-state index contributed by atoms with van der Waals surface area (Å²) in [6.07, 6.45) is 7.50.